The highest BCUT2D eigenvalue weighted by molar-refractivity contribution is 5.49. The summed E-state index contributed by atoms with van der Waals surface area (Å²) >= 11 is 0. The summed E-state index contributed by atoms with van der Waals surface area (Å²) in [5.41, 5.74) is 1.54. The van der Waals surface area contributed by atoms with Crippen LogP contribution in [0.15, 0.2) is 64.2 Å². The number of nitrogens with one attached hydrogen (secondary N) is 2. The molecule has 2 aromatic carbocycles. The molecule has 0 bridgehead atoms. The van der Waals surface area contributed by atoms with Crippen LogP contribution >= 0.6 is 0 Å². The van der Waals surface area contributed by atoms with E-state index in [0.29, 0.717) is 22.9 Å². The highest BCUT2D eigenvalue weighted by Crippen LogP contribution is 2.31. The molecule has 28 heavy (non-hydrogen) atoms. The minimum atomic E-state index is -0.508. The monoisotopic (exact) mass is 377 g/mol. The average molecular weight is 377 g/mol. The van der Waals surface area contributed by atoms with Crippen LogP contribution in [0.1, 0.15) is 35.4 Å². The number of phenols is 1. The molecule has 0 amide bonds. The first-order chi connectivity index (χ1) is 13.6. The van der Waals surface area contributed by atoms with E-state index in [4.69, 9.17) is 0 Å². The van der Waals surface area contributed by atoms with E-state index in [-0.39, 0.29) is 12.2 Å². The Morgan fingerprint density at radius 2 is 1.61 bits per heavy atom. The van der Waals surface area contributed by atoms with Gasteiger partial charge >= 0.3 is 5.69 Å². The molecule has 6 nitrogen and oxygen atoms in total. The SMILES string of the molecule is O=c1[nH]c(N2CCC(c3ccccc3)CC2)c(Cc2ccccc2O)c(=O)[nH]1. The Labute approximate surface area is 162 Å². The second kappa shape index (κ2) is 7.76. The molecule has 0 atom stereocenters. The molecule has 2 heterocycles. The van der Waals surface area contributed by atoms with Gasteiger partial charge < -0.3 is 10.0 Å². The average Bonchev–Trinajstić information content (AvgIpc) is 2.72. The van der Waals surface area contributed by atoms with Crippen LogP contribution < -0.4 is 16.1 Å². The van der Waals surface area contributed by atoms with E-state index in [1.807, 2.05) is 12.1 Å². The summed E-state index contributed by atoms with van der Waals surface area (Å²) < 4.78 is 0. The van der Waals surface area contributed by atoms with Gasteiger partial charge in [-0.3, -0.25) is 14.8 Å². The zero-order valence-electron chi connectivity index (χ0n) is 15.5. The number of benzene rings is 2. The first-order valence-electron chi connectivity index (χ1n) is 9.54. The Morgan fingerprint density at radius 3 is 2.32 bits per heavy atom. The second-order valence-electron chi connectivity index (χ2n) is 7.21. The fraction of sp³-hybridized carbons (Fsp3) is 0.273. The molecule has 0 spiro atoms. The highest BCUT2D eigenvalue weighted by atomic mass is 16.3. The fourth-order valence-corrected chi connectivity index (χ4v) is 3.95. The van der Waals surface area contributed by atoms with Crippen LogP contribution in [0.5, 0.6) is 5.75 Å². The van der Waals surface area contributed by atoms with Crippen molar-refractivity contribution in [2.45, 2.75) is 25.2 Å². The summed E-state index contributed by atoms with van der Waals surface area (Å²) in [6.07, 6.45) is 2.16. The molecule has 1 saturated heterocycles. The third-order valence-electron chi connectivity index (χ3n) is 5.46. The molecule has 144 valence electrons. The molecule has 0 saturated carbocycles. The lowest BCUT2D eigenvalue weighted by Crippen LogP contribution is -2.38. The first-order valence-corrected chi connectivity index (χ1v) is 9.54. The lowest BCUT2D eigenvalue weighted by Gasteiger charge is -2.34. The van der Waals surface area contributed by atoms with Crippen molar-refractivity contribution in [3.05, 3.63) is 92.1 Å². The van der Waals surface area contributed by atoms with E-state index in [2.05, 4.69) is 39.1 Å². The number of phenolic OH excluding ortho intramolecular Hbond substituents is 1. The number of nitrogens with zero attached hydrogens (tertiary/aromatic N) is 1. The van der Waals surface area contributed by atoms with Crippen LogP contribution in [0.2, 0.25) is 0 Å². The van der Waals surface area contributed by atoms with Gasteiger partial charge in [-0.25, -0.2) is 4.79 Å². The van der Waals surface area contributed by atoms with Crippen molar-refractivity contribution in [2.75, 3.05) is 18.0 Å². The number of hydrogen-bond donors (Lipinski definition) is 3. The minimum Gasteiger partial charge on any atom is -0.508 e. The number of hydrogen-bond acceptors (Lipinski definition) is 4. The van der Waals surface area contributed by atoms with E-state index in [9.17, 15) is 14.7 Å². The molecule has 1 aliphatic heterocycles. The Kier molecular flexibility index (Phi) is 5.02. The molecule has 0 radical (unpaired) electrons. The van der Waals surface area contributed by atoms with Gasteiger partial charge in [-0.2, -0.15) is 0 Å². The molecular weight excluding hydrogens is 354 g/mol. The van der Waals surface area contributed by atoms with Gasteiger partial charge in [0, 0.05) is 19.5 Å². The Balaban J connectivity index is 1.60. The normalized spacial score (nSPS) is 14.9. The van der Waals surface area contributed by atoms with Gasteiger partial charge in [0.15, 0.2) is 0 Å². The number of anilines is 1. The topological polar surface area (TPSA) is 89.2 Å². The van der Waals surface area contributed by atoms with Crippen molar-refractivity contribution in [2.24, 2.45) is 0 Å². The number of piperidine rings is 1. The zero-order chi connectivity index (χ0) is 19.5. The van der Waals surface area contributed by atoms with Crippen LogP contribution in [0.4, 0.5) is 5.82 Å². The lowest BCUT2D eigenvalue weighted by molar-refractivity contribution is 0.469. The van der Waals surface area contributed by atoms with Crippen molar-refractivity contribution in [3.8, 4) is 5.75 Å². The largest absolute Gasteiger partial charge is 0.508 e. The van der Waals surface area contributed by atoms with Crippen LogP contribution in [0, 0.1) is 0 Å². The van der Waals surface area contributed by atoms with Gasteiger partial charge in [-0.15, -0.1) is 0 Å². The quantitative estimate of drug-likeness (QED) is 0.652. The maximum atomic E-state index is 12.5. The molecule has 1 fully saturated rings. The van der Waals surface area contributed by atoms with E-state index in [1.54, 1.807) is 18.2 Å². The third-order valence-corrected chi connectivity index (χ3v) is 5.46. The van der Waals surface area contributed by atoms with Crippen molar-refractivity contribution in [1.29, 1.82) is 0 Å². The van der Waals surface area contributed by atoms with E-state index in [0.717, 1.165) is 25.9 Å². The van der Waals surface area contributed by atoms with Crippen molar-refractivity contribution >= 4 is 5.82 Å². The van der Waals surface area contributed by atoms with Crippen LogP contribution in [0.25, 0.3) is 0 Å². The molecule has 3 aromatic rings. The van der Waals surface area contributed by atoms with E-state index in [1.165, 1.54) is 5.56 Å². The van der Waals surface area contributed by atoms with E-state index < -0.39 is 11.2 Å². The van der Waals surface area contributed by atoms with Crippen LogP contribution in [-0.4, -0.2) is 28.2 Å². The van der Waals surface area contributed by atoms with Crippen LogP contribution in [0.3, 0.4) is 0 Å². The van der Waals surface area contributed by atoms with Gasteiger partial charge in [0.2, 0.25) is 0 Å². The molecule has 1 aromatic heterocycles. The maximum absolute atomic E-state index is 12.5. The molecule has 4 rings (SSSR count). The second-order valence-corrected chi connectivity index (χ2v) is 7.21. The molecule has 0 unspecified atom stereocenters. The summed E-state index contributed by atoms with van der Waals surface area (Å²) in [6.45, 7) is 1.51. The highest BCUT2D eigenvalue weighted by Gasteiger charge is 2.24. The summed E-state index contributed by atoms with van der Waals surface area (Å²) in [5, 5.41) is 10.1. The minimum absolute atomic E-state index is 0.141. The van der Waals surface area contributed by atoms with Gasteiger partial charge in [0.05, 0.1) is 5.56 Å². The fourth-order valence-electron chi connectivity index (χ4n) is 3.95. The molecule has 3 N–H and O–H groups in total. The number of H-pyrrole nitrogens is 2. The summed E-state index contributed by atoms with van der Waals surface area (Å²) in [5.74, 6) is 1.18. The standard InChI is InChI=1S/C22H23N3O3/c26-19-9-5-4-8-17(19)14-18-20(23-22(28)24-21(18)27)25-12-10-16(11-13-25)15-6-2-1-3-7-15/h1-9,16,26H,10-14H2,(H2,23,24,27,28). The third kappa shape index (κ3) is 3.71. The van der Waals surface area contributed by atoms with Gasteiger partial charge in [-0.05, 0) is 36.0 Å². The maximum Gasteiger partial charge on any atom is 0.327 e. The summed E-state index contributed by atoms with van der Waals surface area (Å²) in [4.78, 5) is 31.7. The predicted molar refractivity (Wildman–Crippen MR) is 109 cm³/mol. The first kappa shape index (κ1) is 18.1. The number of aromatic hydroxyl groups is 1. The Bertz CT molecular complexity index is 1060. The smallest absolute Gasteiger partial charge is 0.327 e. The molecule has 6 heteroatoms. The van der Waals surface area contributed by atoms with E-state index >= 15 is 0 Å². The summed E-state index contributed by atoms with van der Waals surface area (Å²) in [6, 6.07) is 17.4. The van der Waals surface area contributed by atoms with Crippen molar-refractivity contribution in [3.63, 3.8) is 0 Å². The summed E-state index contributed by atoms with van der Waals surface area (Å²) in [7, 11) is 0. The Morgan fingerprint density at radius 1 is 0.929 bits per heavy atom. The molecular formula is C22H23N3O3. The molecule has 1 aliphatic rings. The number of para-hydroxylation sites is 1. The Hall–Kier alpha value is -3.28. The van der Waals surface area contributed by atoms with Crippen LogP contribution in [-0.2, 0) is 6.42 Å². The lowest BCUT2D eigenvalue weighted by atomic mass is 9.89. The number of aromatic amines is 2. The van der Waals surface area contributed by atoms with Gasteiger partial charge in [-0.1, -0.05) is 48.5 Å². The number of rotatable bonds is 4. The number of aromatic nitrogens is 2. The van der Waals surface area contributed by atoms with Gasteiger partial charge in [0.1, 0.15) is 11.6 Å². The van der Waals surface area contributed by atoms with Crippen molar-refractivity contribution in [1.82, 2.24) is 9.97 Å². The van der Waals surface area contributed by atoms with Crippen molar-refractivity contribution < 1.29 is 5.11 Å². The predicted octanol–water partition coefficient (Wildman–Crippen LogP) is 2.74. The molecule has 0 aliphatic carbocycles. The van der Waals surface area contributed by atoms with Gasteiger partial charge in [0.25, 0.3) is 5.56 Å². The zero-order valence-corrected chi connectivity index (χ0v) is 15.5.